The van der Waals surface area contributed by atoms with E-state index in [1.54, 1.807) is 6.20 Å². The molecule has 3 rings (SSSR count). The lowest BCUT2D eigenvalue weighted by molar-refractivity contribution is 1.30. The lowest BCUT2D eigenvalue weighted by atomic mass is 9.97. The fourth-order valence-electron chi connectivity index (χ4n) is 2.42. The molecule has 0 radical (unpaired) electrons. The fraction of sp³-hybridized carbons (Fsp3) is 0. The topological polar surface area (TPSA) is 62.7 Å². The van der Waals surface area contributed by atoms with Crippen molar-refractivity contribution in [2.45, 2.75) is 0 Å². The van der Waals surface area contributed by atoms with Crippen LogP contribution in [0.2, 0.25) is 0 Å². The Hall–Kier alpha value is -3.38. The fourth-order valence-corrected chi connectivity index (χ4v) is 2.42. The van der Waals surface area contributed by atoms with Crippen LogP contribution >= 0.6 is 0 Å². The Balaban J connectivity index is 2.15. The molecule has 23 heavy (non-hydrogen) atoms. The number of rotatable bonds is 3. The van der Waals surface area contributed by atoms with Crippen molar-refractivity contribution in [3.8, 4) is 17.2 Å². The molecule has 3 heteroatoms. The Morgan fingerprint density at radius 1 is 0.913 bits per heavy atom. The van der Waals surface area contributed by atoms with Crippen molar-refractivity contribution in [1.82, 2.24) is 4.98 Å². The normalized spacial score (nSPS) is 10.6. The molecule has 1 heterocycles. The van der Waals surface area contributed by atoms with E-state index in [0.29, 0.717) is 5.56 Å². The van der Waals surface area contributed by atoms with Gasteiger partial charge in [-0.1, -0.05) is 72.8 Å². The number of hydrogen-bond acceptors (Lipinski definition) is 3. The van der Waals surface area contributed by atoms with E-state index in [4.69, 9.17) is 5.73 Å². The smallest absolute Gasteiger partial charge is 0.141 e. The van der Waals surface area contributed by atoms with E-state index in [9.17, 15) is 5.26 Å². The van der Waals surface area contributed by atoms with Crippen LogP contribution in [-0.2, 0) is 0 Å². The molecule has 0 saturated heterocycles. The summed E-state index contributed by atoms with van der Waals surface area (Å²) in [5.74, 6) is 0.250. The number of aromatic nitrogens is 1. The number of anilines is 1. The summed E-state index contributed by atoms with van der Waals surface area (Å²) >= 11 is 0. The van der Waals surface area contributed by atoms with Gasteiger partial charge in [-0.2, -0.15) is 5.26 Å². The zero-order valence-corrected chi connectivity index (χ0v) is 12.5. The highest BCUT2D eigenvalue weighted by Crippen LogP contribution is 2.29. The number of benzene rings is 2. The summed E-state index contributed by atoms with van der Waals surface area (Å²) in [6, 6.07) is 22.0. The Labute approximate surface area is 135 Å². The van der Waals surface area contributed by atoms with Gasteiger partial charge in [-0.15, -0.1) is 0 Å². The van der Waals surface area contributed by atoms with E-state index < -0.39 is 0 Å². The first kappa shape index (κ1) is 14.6. The number of nitrogens with zero attached hydrogens (tertiary/aromatic N) is 2. The maximum Gasteiger partial charge on any atom is 0.141 e. The van der Waals surface area contributed by atoms with Crippen molar-refractivity contribution in [2.75, 3.05) is 5.73 Å². The van der Waals surface area contributed by atoms with Gasteiger partial charge in [0.25, 0.3) is 0 Å². The van der Waals surface area contributed by atoms with E-state index >= 15 is 0 Å². The molecule has 0 fully saturated rings. The minimum atomic E-state index is 0.250. The average molecular weight is 297 g/mol. The molecule has 0 amide bonds. The Morgan fingerprint density at radius 2 is 1.57 bits per heavy atom. The van der Waals surface area contributed by atoms with Crippen LogP contribution in [0.1, 0.15) is 16.7 Å². The van der Waals surface area contributed by atoms with Crippen LogP contribution in [0.5, 0.6) is 0 Å². The molecule has 110 valence electrons. The molecular formula is C20H15N3. The Morgan fingerprint density at radius 3 is 2.22 bits per heavy atom. The number of nitrogen functional groups attached to an aromatic ring is 1. The summed E-state index contributed by atoms with van der Waals surface area (Å²) in [4.78, 5) is 4.16. The van der Waals surface area contributed by atoms with Crippen LogP contribution < -0.4 is 5.73 Å². The van der Waals surface area contributed by atoms with Gasteiger partial charge in [-0.3, -0.25) is 0 Å². The summed E-state index contributed by atoms with van der Waals surface area (Å²) in [7, 11) is 0. The van der Waals surface area contributed by atoms with Crippen LogP contribution in [0.3, 0.4) is 0 Å². The van der Waals surface area contributed by atoms with Crippen LogP contribution in [0.25, 0.3) is 23.3 Å². The molecule has 3 nitrogen and oxygen atoms in total. The van der Waals surface area contributed by atoms with Crippen LogP contribution in [0.15, 0.2) is 66.9 Å². The molecule has 2 aromatic carbocycles. The third-order valence-corrected chi connectivity index (χ3v) is 3.59. The quantitative estimate of drug-likeness (QED) is 0.780. The minimum absolute atomic E-state index is 0.250. The summed E-state index contributed by atoms with van der Waals surface area (Å²) in [6.07, 6.45) is 5.62. The van der Waals surface area contributed by atoms with E-state index in [1.807, 2.05) is 72.8 Å². The maximum absolute atomic E-state index is 9.46. The Bertz CT molecular complexity index is 876. The number of hydrogen-bond donors (Lipinski definition) is 1. The molecule has 3 aromatic rings. The maximum atomic E-state index is 9.46. The second-order valence-corrected chi connectivity index (χ2v) is 5.07. The number of pyridine rings is 1. The zero-order valence-electron chi connectivity index (χ0n) is 12.5. The highest BCUT2D eigenvalue weighted by Gasteiger charge is 2.12. The molecule has 0 bridgehead atoms. The SMILES string of the molecule is N#Cc1c(N)ncc(-c2ccccc2)c1/C=C/c1ccccc1. The minimum Gasteiger partial charge on any atom is -0.383 e. The highest BCUT2D eigenvalue weighted by molar-refractivity contribution is 5.85. The third-order valence-electron chi connectivity index (χ3n) is 3.59. The predicted molar refractivity (Wildman–Crippen MR) is 94.2 cm³/mol. The van der Waals surface area contributed by atoms with E-state index in [-0.39, 0.29) is 5.82 Å². The standard InChI is InChI=1S/C20H15N3/c21-13-18-17(12-11-15-7-3-1-4-8-15)19(14-23-20(18)22)16-9-5-2-6-10-16/h1-12,14H,(H2,22,23)/b12-11+. The van der Waals surface area contributed by atoms with Crippen molar-refractivity contribution in [1.29, 1.82) is 5.26 Å². The molecule has 0 spiro atoms. The second-order valence-electron chi connectivity index (χ2n) is 5.07. The van der Waals surface area contributed by atoms with Crippen molar-refractivity contribution in [3.63, 3.8) is 0 Å². The number of nitrogens with two attached hydrogens (primary N) is 1. The summed E-state index contributed by atoms with van der Waals surface area (Å²) in [5.41, 5.74) is 10.0. The molecule has 0 unspecified atom stereocenters. The van der Waals surface area contributed by atoms with E-state index in [1.165, 1.54) is 0 Å². The van der Waals surface area contributed by atoms with Gasteiger partial charge in [-0.05, 0) is 11.1 Å². The second kappa shape index (κ2) is 6.59. The molecule has 0 atom stereocenters. The Kier molecular flexibility index (Phi) is 4.17. The average Bonchev–Trinajstić information content (AvgIpc) is 2.61. The van der Waals surface area contributed by atoms with Gasteiger partial charge < -0.3 is 5.73 Å². The van der Waals surface area contributed by atoms with Gasteiger partial charge in [0, 0.05) is 17.3 Å². The first-order chi connectivity index (χ1) is 11.3. The van der Waals surface area contributed by atoms with Gasteiger partial charge >= 0.3 is 0 Å². The molecule has 0 saturated carbocycles. The van der Waals surface area contributed by atoms with E-state index in [2.05, 4.69) is 11.1 Å². The number of nitriles is 1. The summed E-state index contributed by atoms with van der Waals surface area (Å²) in [5, 5.41) is 9.46. The lowest BCUT2D eigenvalue weighted by Gasteiger charge is -2.09. The highest BCUT2D eigenvalue weighted by atomic mass is 14.8. The largest absolute Gasteiger partial charge is 0.383 e. The molecular weight excluding hydrogens is 282 g/mol. The van der Waals surface area contributed by atoms with Crippen molar-refractivity contribution >= 4 is 18.0 Å². The van der Waals surface area contributed by atoms with Crippen molar-refractivity contribution < 1.29 is 0 Å². The van der Waals surface area contributed by atoms with Crippen molar-refractivity contribution in [3.05, 3.63) is 83.6 Å². The molecule has 0 aliphatic rings. The molecule has 0 aliphatic heterocycles. The lowest BCUT2D eigenvalue weighted by Crippen LogP contribution is -1.99. The van der Waals surface area contributed by atoms with Gasteiger partial charge in [0.1, 0.15) is 17.5 Å². The van der Waals surface area contributed by atoms with E-state index in [0.717, 1.165) is 22.3 Å². The van der Waals surface area contributed by atoms with Crippen molar-refractivity contribution in [2.24, 2.45) is 0 Å². The molecule has 1 aromatic heterocycles. The monoisotopic (exact) mass is 297 g/mol. The summed E-state index contributed by atoms with van der Waals surface area (Å²) in [6.45, 7) is 0. The van der Waals surface area contributed by atoms with Gasteiger partial charge in [-0.25, -0.2) is 4.98 Å². The molecule has 0 aliphatic carbocycles. The first-order valence-electron chi connectivity index (χ1n) is 7.26. The molecule has 2 N–H and O–H groups in total. The van der Waals surface area contributed by atoms with Crippen LogP contribution in [0.4, 0.5) is 5.82 Å². The first-order valence-corrected chi connectivity index (χ1v) is 7.26. The van der Waals surface area contributed by atoms with Gasteiger partial charge in [0.05, 0.1) is 0 Å². The van der Waals surface area contributed by atoms with Gasteiger partial charge in [0.2, 0.25) is 0 Å². The third kappa shape index (κ3) is 3.12. The van der Waals surface area contributed by atoms with Gasteiger partial charge in [0.15, 0.2) is 0 Å². The zero-order chi connectivity index (χ0) is 16.1. The predicted octanol–water partition coefficient (Wildman–Crippen LogP) is 4.37. The van der Waals surface area contributed by atoms with Crippen LogP contribution in [-0.4, -0.2) is 4.98 Å². The summed E-state index contributed by atoms with van der Waals surface area (Å²) < 4.78 is 0. The van der Waals surface area contributed by atoms with Crippen LogP contribution in [0, 0.1) is 11.3 Å².